The molecule has 7 heteroatoms. The molecule has 0 aromatic carbocycles. The molecule has 1 heterocycles. The number of pyridine rings is 1. The van der Waals surface area contributed by atoms with Crippen molar-refractivity contribution < 1.29 is 18.8 Å². The summed E-state index contributed by atoms with van der Waals surface area (Å²) in [4.78, 5) is 13.0. The number of aliphatic hydroxyl groups is 1. The smallest absolute Gasteiger partial charge is 0.364 e. The Bertz CT molecular complexity index is 396. The lowest BCUT2D eigenvalue weighted by molar-refractivity contribution is -0.389. The molecular weight excluding hydrogens is 210 g/mol. The first kappa shape index (κ1) is 11.4. The molecule has 15 heavy (non-hydrogen) atoms. The largest absolute Gasteiger partial charge is 0.388 e. The van der Waals surface area contributed by atoms with Crippen LogP contribution in [0.4, 0.5) is 14.6 Å². The molecule has 1 aromatic rings. The van der Waals surface area contributed by atoms with Gasteiger partial charge in [-0.25, -0.2) is 8.78 Å². The predicted molar refractivity (Wildman–Crippen MR) is 46.5 cm³/mol. The standard InChI is InChI=1S/C8H8F2N2O3/c1-4-5(8(9)10)2-7(12(14)15)11-6(4)3-13/h2,8,13H,3H2,1H3. The summed E-state index contributed by atoms with van der Waals surface area (Å²) in [5.41, 5.74) is -0.488. The van der Waals surface area contributed by atoms with E-state index in [1.54, 1.807) is 0 Å². The Labute approximate surface area is 83.5 Å². The van der Waals surface area contributed by atoms with Crippen molar-refractivity contribution in [2.45, 2.75) is 20.0 Å². The molecule has 0 bridgehead atoms. The number of hydrogen-bond donors (Lipinski definition) is 1. The van der Waals surface area contributed by atoms with E-state index in [0.717, 1.165) is 6.07 Å². The number of rotatable bonds is 3. The third kappa shape index (κ3) is 2.24. The number of nitrogens with zero attached hydrogens (tertiary/aromatic N) is 2. The zero-order valence-electron chi connectivity index (χ0n) is 7.78. The molecule has 0 aliphatic carbocycles. The quantitative estimate of drug-likeness (QED) is 0.619. The van der Waals surface area contributed by atoms with Gasteiger partial charge in [0.25, 0.3) is 6.43 Å². The molecule has 0 unspecified atom stereocenters. The molecule has 1 aromatic heterocycles. The van der Waals surface area contributed by atoms with Crippen molar-refractivity contribution in [1.29, 1.82) is 0 Å². The normalized spacial score (nSPS) is 10.7. The lowest BCUT2D eigenvalue weighted by Crippen LogP contribution is -2.03. The lowest BCUT2D eigenvalue weighted by Gasteiger charge is -2.05. The Balaban J connectivity index is 3.38. The molecule has 0 saturated heterocycles. The van der Waals surface area contributed by atoms with E-state index in [9.17, 15) is 18.9 Å². The first-order valence-corrected chi connectivity index (χ1v) is 4.01. The van der Waals surface area contributed by atoms with Crippen molar-refractivity contribution in [3.05, 3.63) is 33.0 Å². The molecule has 1 N–H and O–H groups in total. The number of aliphatic hydroxyl groups excluding tert-OH is 1. The van der Waals surface area contributed by atoms with Gasteiger partial charge in [0.2, 0.25) is 0 Å². The highest BCUT2D eigenvalue weighted by Gasteiger charge is 2.22. The van der Waals surface area contributed by atoms with Crippen LogP contribution < -0.4 is 0 Å². The Morgan fingerprint density at radius 2 is 2.27 bits per heavy atom. The van der Waals surface area contributed by atoms with E-state index in [0.29, 0.717) is 0 Å². The van der Waals surface area contributed by atoms with Gasteiger partial charge >= 0.3 is 5.82 Å². The van der Waals surface area contributed by atoms with E-state index in [2.05, 4.69) is 4.98 Å². The van der Waals surface area contributed by atoms with Crippen molar-refractivity contribution in [3.8, 4) is 0 Å². The molecule has 0 atom stereocenters. The van der Waals surface area contributed by atoms with Crippen LogP contribution in [0.3, 0.4) is 0 Å². The molecule has 0 spiro atoms. The number of nitro groups is 1. The average Bonchev–Trinajstić information content (AvgIpc) is 2.17. The van der Waals surface area contributed by atoms with Crippen LogP contribution in [0.25, 0.3) is 0 Å². The molecule has 0 amide bonds. The van der Waals surface area contributed by atoms with Gasteiger partial charge in [0.15, 0.2) is 5.69 Å². The van der Waals surface area contributed by atoms with E-state index >= 15 is 0 Å². The van der Waals surface area contributed by atoms with Crippen LogP contribution in [-0.4, -0.2) is 15.0 Å². The fourth-order valence-electron chi connectivity index (χ4n) is 1.14. The van der Waals surface area contributed by atoms with Gasteiger partial charge in [0, 0.05) is 17.2 Å². The molecule has 1 rings (SSSR count). The Hall–Kier alpha value is -1.63. The Morgan fingerprint density at radius 3 is 2.67 bits per heavy atom. The van der Waals surface area contributed by atoms with Crippen LogP contribution in [0.2, 0.25) is 0 Å². The van der Waals surface area contributed by atoms with Crippen molar-refractivity contribution in [1.82, 2.24) is 4.98 Å². The predicted octanol–water partition coefficient (Wildman–Crippen LogP) is 1.73. The summed E-state index contributed by atoms with van der Waals surface area (Å²) in [6.07, 6.45) is -2.82. The van der Waals surface area contributed by atoms with Gasteiger partial charge in [-0.3, -0.25) is 0 Å². The minimum Gasteiger partial charge on any atom is -0.388 e. The van der Waals surface area contributed by atoms with Crippen molar-refractivity contribution >= 4 is 5.82 Å². The lowest BCUT2D eigenvalue weighted by atomic mass is 10.1. The summed E-state index contributed by atoms with van der Waals surface area (Å²) in [6.45, 7) is 0.733. The van der Waals surface area contributed by atoms with Gasteiger partial charge in [-0.05, 0) is 16.8 Å². The Morgan fingerprint density at radius 1 is 1.67 bits per heavy atom. The maximum atomic E-state index is 12.5. The molecule has 82 valence electrons. The summed E-state index contributed by atoms with van der Waals surface area (Å²) in [7, 11) is 0. The van der Waals surface area contributed by atoms with E-state index < -0.39 is 29.3 Å². The second-order valence-corrected chi connectivity index (χ2v) is 2.86. The highest BCUT2D eigenvalue weighted by Crippen LogP contribution is 2.27. The van der Waals surface area contributed by atoms with Gasteiger partial charge < -0.3 is 15.2 Å². The van der Waals surface area contributed by atoms with Crippen LogP contribution in [0.5, 0.6) is 0 Å². The number of alkyl halides is 2. The minimum absolute atomic E-state index is 0.0816. The molecule has 0 fully saturated rings. The van der Waals surface area contributed by atoms with Crippen molar-refractivity contribution in [3.63, 3.8) is 0 Å². The minimum atomic E-state index is -2.82. The molecule has 0 aliphatic heterocycles. The topological polar surface area (TPSA) is 76.3 Å². The SMILES string of the molecule is Cc1c(C(F)F)cc([N+](=O)[O-])nc1CO. The fourth-order valence-corrected chi connectivity index (χ4v) is 1.14. The maximum Gasteiger partial charge on any atom is 0.364 e. The van der Waals surface area contributed by atoms with Gasteiger partial charge in [0.1, 0.15) is 6.61 Å². The third-order valence-corrected chi connectivity index (χ3v) is 1.97. The van der Waals surface area contributed by atoms with Crippen LogP contribution in [0.1, 0.15) is 23.2 Å². The second kappa shape index (κ2) is 4.26. The van der Waals surface area contributed by atoms with Gasteiger partial charge in [-0.15, -0.1) is 0 Å². The van der Waals surface area contributed by atoms with E-state index in [1.165, 1.54) is 6.92 Å². The van der Waals surface area contributed by atoms with Crippen LogP contribution in [0.15, 0.2) is 6.07 Å². The summed E-state index contributed by atoms with van der Waals surface area (Å²) in [5.74, 6) is -0.681. The first-order valence-electron chi connectivity index (χ1n) is 4.01. The monoisotopic (exact) mass is 218 g/mol. The van der Waals surface area contributed by atoms with Gasteiger partial charge in [-0.2, -0.15) is 0 Å². The van der Waals surface area contributed by atoms with Crippen LogP contribution in [0, 0.1) is 17.0 Å². The highest BCUT2D eigenvalue weighted by molar-refractivity contribution is 5.37. The van der Waals surface area contributed by atoms with Gasteiger partial charge in [0.05, 0.1) is 0 Å². The van der Waals surface area contributed by atoms with E-state index in [4.69, 9.17) is 5.11 Å². The summed E-state index contributed by atoms with van der Waals surface area (Å²) < 4.78 is 24.9. The first-order chi connectivity index (χ1) is 6.97. The third-order valence-electron chi connectivity index (χ3n) is 1.97. The maximum absolute atomic E-state index is 12.5. The zero-order chi connectivity index (χ0) is 11.6. The number of halogens is 2. The van der Waals surface area contributed by atoms with Crippen LogP contribution in [-0.2, 0) is 6.61 Å². The summed E-state index contributed by atoms with van der Waals surface area (Å²) >= 11 is 0. The molecule has 5 nitrogen and oxygen atoms in total. The van der Waals surface area contributed by atoms with Gasteiger partial charge in [-0.1, -0.05) is 0 Å². The zero-order valence-corrected chi connectivity index (χ0v) is 7.78. The fraction of sp³-hybridized carbons (Fsp3) is 0.375. The van der Waals surface area contributed by atoms with Crippen molar-refractivity contribution in [2.24, 2.45) is 0 Å². The molecule has 0 aliphatic rings. The van der Waals surface area contributed by atoms with Crippen LogP contribution >= 0.6 is 0 Å². The van der Waals surface area contributed by atoms with Crippen molar-refractivity contribution in [2.75, 3.05) is 0 Å². The van der Waals surface area contributed by atoms with E-state index in [1.807, 2.05) is 0 Å². The average molecular weight is 218 g/mol. The molecule has 0 radical (unpaired) electrons. The number of aromatic nitrogens is 1. The molecule has 0 saturated carbocycles. The second-order valence-electron chi connectivity index (χ2n) is 2.86. The summed E-state index contributed by atoms with van der Waals surface area (Å²) in [5, 5.41) is 19.2. The molecular formula is C8H8F2N2O3. The van der Waals surface area contributed by atoms with E-state index in [-0.39, 0.29) is 11.3 Å². The number of hydrogen-bond acceptors (Lipinski definition) is 4. The Kier molecular flexibility index (Phi) is 3.25. The highest BCUT2D eigenvalue weighted by atomic mass is 19.3. The summed E-state index contributed by atoms with van der Waals surface area (Å²) in [6, 6.07) is 0.721.